The van der Waals surface area contributed by atoms with Gasteiger partial charge in [0.25, 0.3) is 0 Å². The lowest BCUT2D eigenvalue weighted by atomic mass is 9.98. The molecule has 0 unspecified atom stereocenters. The van der Waals surface area contributed by atoms with E-state index in [-0.39, 0.29) is 5.92 Å². The lowest BCUT2D eigenvalue weighted by Gasteiger charge is -2.13. The maximum Gasteiger partial charge on any atom is 0.130 e. The van der Waals surface area contributed by atoms with Gasteiger partial charge in [-0.25, -0.2) is 9.97 Å². The molecule has 0 fully saturated rings. The summed E-state index contributed by atoms with van der Waals surface area (Å²) in [7, 11) is 0. The number of pyridine rings is 1. The summed E-state index contributed by atoms with van der Waals surface area (Å²) in [5.74, 6) is 0.832. The smallest absolute Gasteiger partial charge is 0.130 e. The molecule has 4 nitrogen and oxygen atoms in total. The van der Waals surface area contributed by atoms with Gasteiger partial charge in [-0.3, -0.25) is 4.98 Å². The molecular formula is C13H16N4. The van der Waals surface area contributed by atoms with Crippen molar-refractivity contribution in [3.8, 4) is 11.3 Å². The van der Waals surface area contributed by atoms with Crippen LogP contribution in [0.1, 0.15) is 30.9 Å². The lowest BCUT2D eigenvalue weighted by molar-refractivity contribution is 0.854. The van der Waals surface area contributed by atoms with E-state index in [1.807, 2.05) is 13.1 Å². The van der Waals surface area contributed by atoms with E-state index in [2.05, 4.69) is 34.9 Å². The Morgan fingerprint density at radius 3 is 2.59 bits per heavy atom. The van der Waals surface area contributed by atoms with Crippen LogP contribution in [0.3, 0.4) is 0 Å². The Balaban J connectivity index is 2.63. The van der Waals surface area contributed by atoms with Crippen LogP contribution < -0.4 is 5.73 Å². The van der Waals surface area contributed by atoms with Gasteiger partial charge in [-0.1, -0.05) is 13.8 Å². The minimum Gasteiger partial charge on any atom is -0.383 e. The Morgan fingerprint density at radius 2 is 1.94 bits per heavy atom. The fraction of sp³-hybridized carbons (Fsp3) is 0.308. The van der Waals surface area contributed by atoms with Crippen LogP contribution in [0, 0.1) is 6.92 Å². The molecule has 0 spiro atoms. The average Bonchev–Trinajstić information content (AvgIpc) is 2.28. The van der Waals surface area contributed by atoms with Crippen molar-refractivity contribution >= 4 is 5.82 Å². The maximum atomic E-state index is 5.93. The molecule has 0 aliphatic carbocycles. The number of hydrogen-bond donors (Lipinski definition) is 1. The Kier molecular flexibility index (Phi) is 3.04. The van der Waals surface area contributed by atoms with Gasteiger partial charge in [0, 0.05) is 23.5 Å². The van der Waals surface area contributed by atoms with Gasteiger partial charge in [-0.15, -0.1) is 0 Å². The summed E-state index contributed by atoms with van der Waals surface area (Å²) < 4.78 is 0. The van der Waals surface area contributed by atoms with E-state index in [9.17, 15) is 0 Å². The normalized spacial score (nSPS) is 10.8. The molecule has 2 heterocycles. The first-order valence-electron chi connectivity index (χ1n) is 5.62. The zero-order chi connectivity index (χ0) is 12.4. The summed E-state index contributed by atoms with van der Waals surface area (Å²) in [6.45, 7) is 6.18. The monoisotopic (exact) mass is 228 g/mol. The Morgan fingerprint density at radius 1 is 1.18 bits per heavy atom. The van der Waals surface area contributed by atoms with Gasteiger partial charge in [0.15, 0.2) is 0 Å². The van der Waals surface area contributed by atoms with Gasteiger partial charge in [0.1, 0.15) is 12.1 Å². The number of nitrogens with zero attached hydrogens (tertiary/aromatic N) is 3. The summed E-state index contributed by atoms with van der Waals surface area (Å²) in [5, 5.41) is 0. The molecule has 0 atom stereocenters. The third-order valence-corrected chi connectivity index (χ3v) is 2.64. The van der Waals surface area contributed by atoms with Gasteiger partial charge in [0.2, 0.25) is 0 Å². The van der Waals surface area contributed by atoms with Crippen LogP contribution in [0.2, 0.25) is 0 Å². The average molecular weight is 228 g/mol. The van der Waals surface area contributed by atoms with Crippen molar-refractivity contribution in [1.82, 2.24) is 15.0 Å². The number of aromatic nitrogens is 3. The minimum absolute atomic E-state index is 0.284. The highest BCUT2D eigenvalue weighted by molar-refractivity contribution is 5.67. The van der Waals surface area contributed by atoms with Crippen LogP contribution in [0.5, 0.6) is 0 Å². The standard InChI is InChI=1S/C13H16N4/c1-8(2)11-12(16-7-17-13(11)14)10-4-9(3)5-15-6-10/h4-8H,1-3H3,(H2,14,16,17). The molecule has 2 rings (SSSR count). The van der Waals surface area contributed by atoms with Crippen molar-refractivity contribution in [2.75, 3.05) is 5.73 Å². The third kappa shape index (κ3) is 2.25. The van der Waals surface area contributed by atoms with Gasteiger partial charge in [-0.2, -0.15) is 0 Å². The van der Waals surface area contributed by atoms with Crippen molar-refractivity contribution < 1.29 is 0 Å². The second-order valence-electron chi connectivity index (χ2n) is 4.43. The van der Waals surface area contributed by atoms with Crippen molar-refractivity contribution in [1.29, 1.82) is 0 Å². The molecule has 4 heteroatoms. The van der Waals surface area contributed by atoms with Crippen molar-refractivity contribution in [2.45, 2.75) is 26.7 Å². The zero-order valence-corrected chi connectivity index (χ0v) is 10.3. The molecule has 0 aliphatic rings. The highest BCUT2D eigenvalue weighted by Gasteiger charge is 2.14. The molecular weight excluding hydrogens is 212 g/mol. The first-order valence-corrected chi connectivity index (χ1v) is 5.62. The molecule has 2 N–H and O–H groups in total. The molecule has 2 aromatic heterocycles. The predicted molar refractivity (Wildman–Crippen MR) is 68.5 cm³/mol. The highest BCUT2D eigenvalue weighted by Crippen LogP contribution is 2.30. The van der Waals surface area contributed by atoms with E-state index in [1.165, 1.54) is 6.33 Å². The van der Waals surface area contributed by atoms with E-state index >= 15 is 0 Å². The molecule has 0 saturated carbocycles. The number of nitrogens with two attached hydrogens (primary N) is 1. The van der Waals surface area contributed by atoms with Crippen LogP contribution in [0.15, 0.2) is 24.8 Å². The molecule has 0 radical (unpaired) electrons. The Hall–Kier alpha value is -1.97. The summed E-state index contributed by atoms with van der Waals surface area (Å²) in [5.41, 5.74) is 9.89. The van der Waals surface area contributed by atoms with Crippen molar-refractivity contribution in [3.05, 3.63) is 35.9 Å². The SMILES string of the molecule is Cc1cncc(-c2ncnc(N)c2C(C)C)c1. The third-order valence-electron chi connectivity index (χ3n) is 2.64. The number of nitrogen functional groups attached to an aromatic ring is 1. The summed E-state index contributed by atoms with van der Waals surface area (Å²) in [6, 6.07) is 2.06. The molecule has 0 bridgehead atoms. The number of hydrogen-bond acceptors (Lipinski definition) is 4. The first-order chi connectivity index (χ1) is 8.09. The van der Waals surface area contributed by atoms with Gasteiger partial charge < -0.3 is 5.73 Å². The molecule has 0 amide bonds. The molecule has 88 valence electrons. The van der Waals surface area contributed by atoms with Crippen LogP contribution in [-0.2, 0) is 0 Å². The van der Waals surface area contributed by atoms with Crippen LogP contribution in [0.25, 0.3) is 11.3 Å². The van der Waals surface area contributed by atoms with E-state index < -0.39 is 0 Å². The van der Waals surface area contributed by atoms with Crippen LogP contribution in [-0.4, -0.2) is 15.0 Å². The Labute approximate surface area is 101 Å². The fourth-order valence-corrected chi connectivity index (χ4v) is 1.89. The second kappa shape index (κ2) is 4.49. The van der Waals surface area contributed by atoms with Crippen LogP contribution in [0.4, 0.5) is 5.82 Å². The van der Waals surface area contributed by atoms with E-state index in [0.29, 0.717) is 5.82 Å². The molecule has 0 saturated heterocycles. The number of aryl methyl sites for hydroxylation is 1. The van der Waals surface area contributed by atoms with E-state index in [1.54, 1.807) is 6.20 Å². The number of rotatable bonds is 2. The van der Waals surface area contributed by atoms with Crippen molar-refractivity contribution in [2.24, 2.45) is 0 Å². The topological polar surface area (TPSA) is 64.7 Å². The quantitative estimate of drug-likeness (QED) is 0.857. The Bertz CT molecular complexity index is 535. The minimum atomic E-state index is 0.284. The molecule has 0 aromatic carbocycles. The molecule has 0 aliphatic heterocycles. The largest absolute Gasteiger partial charge is 0.383 e. The fourth-order valence-electron chi connectivity index (χ4n) is 1.89. The van der Waals surface area contributed by atoms with Crippen molar-refractivity contribution in [3.63, 3.8) is 0 Å². The van der Waals surface area contributed by atoms with Gasteiger partial charge in [-0.05, 0) is 24.5 Å². The molecule has 2 aromatic rings. The summed E-state index contributed by atoms with van der Waals surface area (Å²) in [6.07, 6.45) is 5.13. The second-order valence-corrected chi connectivity index (χ2v) is 4.43. The first kappa shape index (κ1) is 11.5. The summed E-state index contributed by atoms with van der Waals surface area (Å²) in [4.78, 5) is 12.6. The van der Waals surface area contributed by atoms with Gasteiger partial charge >= 0.3 is 0 Å². The summed E-state index contributed by atoms with van der Waals surface area (Å²) >= 11 is 0. The number of anilines is 1. The molecule has 17 heavy (non-hydrogen) atoms. The predicted octanol–water partition coefficient (Wildman–Crippen LogP) is 2.55. The highest BCUT2D eigenvalue weighted by atomic mass is 14.9. The zero-order valence-electron chi connectivity index (χ0n) is 10.3. The van der Waals surface area contributed by atoms with E-state index in [4.69, 9.17) is 5.73 Å². The van der Waals surface area contributed by atoms with Crippen LogP contribution >= 0.6 is 0 Å². The maximum absolute atomic E-state index is 5.93. The van der Waals surface area contributed by atoms with E-state index in [0.717, 1.165) is 22.4 Å². The van der Waals surface area contributed by atoms with Gasteiger partial charge in [0.05, 0.1) is 5.69 Å². The lowest BCUT2D eigenvalue weighted by Crippen LogP contribution is -2.04.